The molecule has 0 saturated carbocycles. The van der Waals surface area contributed by atoms with Crippen molar-refractivity contribution >= 4 is 12.4 Å². The number of unbranched alkanes of at least 4 members (excludes halogenated alkanes) is 3. The number of carbonyl (C=O) groups is 2. The summed E-state index contributed by atoms with van der Waals surface area (Å²) in [6.45, 7) is 4.66. The van der Waals surface area contributed by atoms with Crippen molar-refractivity contribution in [3.05, 3.63) is 11.9 Å². The van der Waals surface area contributed by atoms with Crippen molar-refractivity contribution < 1.29 is 14.7 Å². The van der Waals surface area contributed by atoms with Gasteiger partial charge in [-0.2, -0.15) is 0 Å². The number of carbonyl (C=O) groups excluding carboxylic acids is 1. The molecule has 1 unspecified atom stereocenters. The Bertz CT molecular complexity index is 268. The maximum Gasteiger partial charge on any atom is 0.290 e. The highest BCUT2D eigenvalue weighted by Crippen LogP contribution is 2.05. The standard InChI is InChI=1S/C12H25N3O.CH2O2/c1-3-4-5-6-7-15-9-11(13)8-10(2)12(14)16;2-1-3/h9-10,15H,3-8,13H2,1-2H3,(H2,14,16);1H,(H,2,3)/b11-9-;. The molecule has 0 rings (SSSR count). The zero-order chi connectivity index (χ0) is 15.1. The van der Waals surface area contributed by atoms with Crippen molar-refractivity contribution in [3.8, 4) is 0 Å². The number of rotatable bonds is 9. The van der Waals surface area contributed by atoms with Gasteiger partial charge in [0.15, 0.2) is 0 Å². The van der Waals surface area contributed by atoms with E-state index < -0.39 is 0 Å². The quantitative estimate of drug-likeness (QED) is 0.371. The minimum absolute atomic E-state index is 0.196. The van der Waals surface area contributed by atoms with Crippen LogP contribution in [0.5, 0.6) is 0 Å². The van der Waals surface area contributed by atoms with Crippen LogP contribution >= 0.6 is 0 Å². The smallest absolute Gasteiger partial charge is 0.290 e. The fourth-order valence-electron chi connectivity index (χ4n) is 1.37. The molecule has 0 aromatic carbocycles. The molecule has 0 aliphatic heterocycles. The molecule has 1 atom stereocenters. The third kappa shape index (κ3) is 16.3. The fraction of sp³-hybridized carbons (Fsp3) is 0.692. The third-order valence-corrected chi connectivity index (χ3v) is 2.49. The summed E-state index contributed by atoms with van der Waals surface area (Å²) in [4.78, 5) is 19.2. The van der Waals surface area contributed by atoms with Crippen molar-refractivity contribution in [1.82, 2.24) is 5.32 Å². The third-order valence-electron chi connectivity index (χ3n) is 2.49. The first-order chi connectivity index (χ1) is 8.99. The van der Waals surface area contributed by atoms with Gasteiger partial charge in [-0.05, 0) is 12.8 Å². The molecule has 6 nitrogen and oxygen atoms in total. The normalized spacial score (nSPS) is 12.0. The summed E-state index contributed by atoms with van der Waals surface area (Å²) in [5.41, 5.74) is 11.6. The van der Waals surface area contributed by atoms with E-state index in [1.807, 2.05) is 0 Å². The lowest BCUT2D eigenvalue weighted by atomic mass is 10.1. The fourth-order valence-corrected chi connectivity index (χ4v) is 1.37. The molecule has 19 heavy (non-hydrogen) atoms. The van der Waals surface area contributed by atoms with Gasteiger partial charge in [-0.15, -0.1) is 0 Å². The summed E-state index contributed by atoms with van der Waals surface area (Å²) < 4.78 is 0. The molecule has 0 radical (unpaired) electrons. The van der Waals surface area contributed by atoms with Crippen LogP contribution in [0.3, 0.4) is 0 Å². The van der Waals surface area contributed by atoms with E-state index in [1.165, 1.54) is 19.3 Å². The Labute approximate surface area is 115 Å². The van der Waals surface area contributed by atoms with Gasteiger partial charge in [-0.3, -0.25) is 9.59 Å². The molecule has 0 spiro atoms. The Morgan fingerprint density at radius 2 is 1.89 bits per heavy atom. The second-order valence-corrected chi connectivity index (χ2v) is 4.35. The number of nitrogens with two attached hydrogens (primary N) is 2. The van der Waals surface area contributed by atoms with Gasteiger partial charge in [-0.25, -0.2) is 0 Å². The Balaban J connectivity index is 0. The van der Waals surface area contributed by atoms with Crippen LogP contribution in [-0.2, 0) is 9.59 Å². The molecular weight excluding hydrogens is 246 g/mol. The Kier molecular flexibility index (Phi) is 14.8. The van der Waals surface area contributed by atoms with Crippen LogP contribution in [0, 0.1) is 5.92 Å². The van der Waals surface area contributed by atoms with Crippen LogP contribution < -0.4 is 16.8 Å². The first kappa shape index (κ1) is 19.6. The van der Waals surface area contributed by atoms with E-state index in [0.717, 1.165) is 13.0 Å². The summed E-state index contributed by atoms with van der Waals surface area (Å²) in [6.07, 6.45) is 7.23. The molecule has 0 aliphatic rings. The summed E-state index contributed by atoms with van der Waals surface area (Å²) in [5.74, 6) is -0.502. The Morgan fingerprint density at radius 3 is 2.37 bits per heavy atom. The summed E-state index contributed by atoms with van der Waals surface area (Å²) >= 11 is 0. The van der Waals surface area contributed by atoms with Crippen LogP contribution in [0.1, 0.15) is 46.0 Å². The largest absolute Gasteiger partial charge is 0.483 e. The van der Waals surface area contributed by atoms with E-state index in [9.17, 15) is 4.79 Å². The van der Waals surface area contributed by atoms with Gasteiger partial charge in [0.1, 0.15) is 0 Å². The van der Waals surface area contributed by atoms with E-state index in [4.69, 9.17) is 21.4 Å². The average Bonchev–Trinajstić information content (AvgIpc) is 2.34. The van der Waals surface area contributed by atoms with Crippen LogP contribution in [0.4, 0.5) is 0 Å². The monoisotopic (exact) mass is 273 g/mol. The second-order valence-electron chi connectivity index (χ2n) is 4.35. The van der Waals surface area contributed by atoms with Gasteiger partial charge >= 0.3 is 0 Å². The lowest BCUT2D eigenvalue weighted by Crippen LogP contribution is -2.23. The summed E-state index contributed by atoms with van der Waals surface area (Å²) in [6, 6.07) is 0. The van der Waals surface area contributed by atoms with Crippen molar-refractivity contribution in [3.63, 3.8) is 0 Å². The zero-order valence-corrected chi connectivity index (χ0v) is 11.9. The number of allylic oxidation sites excluding steroid dienone is 1. The summed E-state index contributed by atoms with van der Waals surface area (Å²) in [7, 11) is 0. The highest BCUT2D eigenvalue weighted by atomic mass is 16.3. The molecular formula is C13H27N3O3. The van der Waals surface area contributed by atoms with E-state index in [1.54, 1.807) is 13.1 Å². The predicted molar refractivity (Wildman–Crippen MR) is 76.1 cm³/mol. The van der Waals surface area contributed by atoms with Crippen LogP contribution in [0.25, 0.3) is 0 Å². The van der Waals surface area contributed by atoms with Gasteiger partial charge in [0, 0.05) is 24.4 Å². The maximum absolute atomic E-state index is 10.8. The van der Waals surface area contributed by atoms with Gasteiger partial charge in [0.2, 0.25) is 5.91 Å². The molecule has 0 aliphatic carbocycles. The minimum Gasteiger partial charge on any atom is -0.483 e. The molecule has 0 aromatic rings. The first-order valence-electron chi connectivity index (χ1n) is 6.54. The molecule has 0 aromatic heterocycles. The number of hydrogen-bond acceptors (Lipinski definition) is 4. The van der Waals surface area contributed by atoms with Gasteiger partial charge < -0.3 is 21.9 Å². The van der Waals surface area contributed by atoms with E-state index in [0.29, 0.717) is 12.1 Å². The molecule has 0 fully saturated rings. The SMILES string of the molecule is CCCCCCN/C=C(\N)CC(C)C(N)=O.O=CO. The predicted octanol–water partition coefficient (Wildman–Crippen LogP) is 1.17. The molecule has 112 valence electrons. The molecule has 1 amide bonds. The van der Waals surface area contributed by atoms with Crippen LogP contribution in [0.2, 0.25) is 0 Å². The molecule has 0 bridgehead atoms. The Hall–Kier alpha value is -1.72. The van der Waals surface area contributed by atoms with E-state index in [-0.39, 0.29) is 18.3 Å². The average molecular weight is 273 g/mol. The number of primary amides is 1. The van der Waals surface area contributed by atoms with Crippen LogP contribution in [0.15, 0.2) is 11.9 Å². The minimum atomic E-state index is -0.306. The van der Waals surface area contributed by atoms with Crippen molar-refractivity contribution in [1.29, 1.82) is 0 Å². The topological polar surface area (TPSA) is 118 Å². The zero-order valence-electron chi connectivity index (χ0n) is 11.9. The van der Waals surface area contributed by atoms with E-state index >= 15 is 0 Å². The molecule has 6 heteroatoms. The number of amides is 1. The van der Waals surface area contributed by atoms with Crippen LogP contribution in [-0.4, -0.2) is 24.0 Å². The molecule has 6 N–H and O–H groups in total. The van der Waals surface area contributed by atoms with Crippen molar-refractivity contribution in [2.45, 2.75) is 46.0 Å². The number of carboxylic acid groups (broad SMARTS) is 1. The first-order valence-corrected chi connectivity index (χ1v) is 6.54. The maximum atomic E-state index is 10.8. The van der Waals surface area contributed by atoms with Crippen molar-refractivity contribution in [2.75, 3.05) is 6.54 Å². The van der Waals surface area contributed by atoms with E-state index in [2.05, 4.69) is 12.2 Å². The highest BCUT2D eigenvalue weighted by molar-refractivity contribution is 5.76. The number of hydrogen-bond donors (Lipinski definition) is 4. The number of nitrogens with one attached hydrogen (secondary N) is 1. The lowest BCUT2D eigenvalue weighted by molar-refractivity contribution is -0.123. The summed E-state index contributed by atoms with van der Waals surface area (Å²) in [5, 5.41) is 10.0. The van der Waals surface area contributed by atoms with Gasteiger partial charge in [0.05, 0.1) is 0 Å². The van der Waals surface area contributed by atoms with Gasteiger partial charge in [0.25, 0.3) is 6.47 Å². The second kappa shape index (κ2) is 14.3. The molecule has 0 saturated heterocycles. The highest BCUT2D eigenvalue weighted by Gasteiger charge is 2.08. The Morgan fingerprint density at radius 1 is 1.32 bits per heavy atom. The van der Waals surface area contributed by atoms with Crippen molar-refractivity contribution in [2.24, 2.45) is 17.4 Å². The molecule has 0 heterocycles. The van der Waals surface area contributed by atoms with Gasteiger partial charge in [-0.1, -0.05) is 33.1 Å². The lowest BCUT2D eigenvalue weighted by Gasteiger charge is -2.08.